The Kier molecular flexibility index (Phi) is 6.79. The van der Waals surface area contributed by atoms with Gasteiger partial charge in [-0.25, -0.2) is 13.1 Å². The smallest absolute Gasteiger partial charge is 0.251 e. The molecule has 1 heterocycles. The van der Waals surface area contributed by atoms with E-state index >= 15 is 0 Å². The number of pyridine rings is 1. The van der Waals surface area contributed by atoms with Crippen LogP contribution >= 0.6 is 0 Å². The molecule has 0 unspecified atom stereocenters. The Balaban J connectivity index is 1.47. The molecular formula is C21H23N3O4S. The molecule has 3 aromatic rings. The van der Waals surface area contributed by atoms with Crippen molar-refractivity contribution in [2.24, 2.45) is 0 Å². The highest BCUT2D eigenvalue weighted by molar-refractivity contribution is 7.89. The van der Waals surface area contributed by atoms with Crippen LogP contribution in [-0.4, -0.2) is 39.0 Å². The fraction of sp³-hybridized carbons (Fsp3) is 0.238. The largest absolute Gasteiger partial charge is 0.491 e. The van der Waals surface area contributed by atoms with E-state index in [1.165, 1.54) is 24.3 Å². The van der Waals surface area contributed by atoms with Crippen LogP contribution in [0.2, 0.25) is 0 Å². The molecule has 152 valence electrons. The highest BCUT2D eigenvalue weighted by Crippen LogP contribution is 2.22. The van der Waals surface area contributed by atoms with Crippen LogP contribution in [0.5, 0.6) is 5.75 Å². The first kappa shape index (κ1) is 20.8. The molecule has 0 bridgehead atoms. The molecule has 29 heavy (non-hydrogen) atoms. The number of rotatable bonds is 9. The van der Waals surface area contributed by atoms with Gasteiger partial charge in [-0.1, -0.05) is 25.1 Å². The van der Waals surface area contributed by atoms with Crippen molar-refractivity contribution in [2.45, 2.75) is 18.2 Å². The molecule has 0 atom stereocenters. The molecule has 2 aromatic carbocycles. The fourth-order valence-electron chi connectivity index (χ4n) is 2.81. The minimum absolute atomic E-state index is 0.132. The number of hydrogen-bond donors (Lipinski definition) is 2. The zero-order valence-corrected chi connectivity index (χ0v) is 16.9. The standard InChI is InChI=1S/C21H23N3O4S/c1-2-24-29(26,27)18-11-9-17(10-12-18)21(25)23-14-5-15-28-19-8-3-6-16-7-4-13-22-20(16)19/h3-4,6-13,24H,2,5,14-15H2,1H3,(H,23,25). The summed E-state index contributed by atoms with van der Waals surface area (Å²) in [5, 5.41) is 3.82. The Morgan fingerprint density at radius 3 is 2.59 bits per heavy atom. The second kappa shape index (κ2) is 9.49. The molecule has 0 radical (unpaired) electrons. The van der Waals surface area contributed by atoms with E-state index < -0.39 is 10.0 Å². The average Bonchev–Trinajstić information content (AvgIpc) is 2.73. The Morgan fingerprint density at radius 2 is 1.83 bits per heavy atom. The van der Waals surface area contributed by atoms with Gasteiger partial charge in [-0.15, -0.1) is 0 Å². The number of carbonyl (C=O) groups is 1. The van der Waals surface area contributed by atoms with Gasteiger partial charge in [-0.05, 0) is 42.8 Å². The molecule has 0 aliphatic rings. The van der Waals surface area contributed by atoms with E-state index in [1.54, 1.807) is 13.1 Å². The van der Waals surface area contributed by atoms with Crippen molar-refractivity contribution in [1.29, 1.82) is 0 Å². The molecule has 0 saturated heterocycles. The SMILES string of the molecule is CCNS(=O)(=O)c1ccc(C(=O)NCCCOc2cccc3cccnc23)cc1. The number of hydrogen-bond acceptors (Lipinski definition) is 5. The van der Waals surface area contributed by atoms with Crippen LogP contribution in [0.4, 0.5) is 0 Å². The molecular weight excluding hydrogens is 390 g/mol. The number of sulfonamides is 1. The minimum atomic E-state index is -3.52. The van der Waals surface area contributed by atoms with Crippen molar-refractivity contribution in [3.63, 3.8) is 0 Å². The maximum atomic E-state index is 12.2. The first-order valence-corrected chi connectivity index (χ1v) is 10.8. The first-order chi connectivity index (χ1) is 14.0. The van der Waals surface area contributed by atoms with Crippen molar-refractivity contribution < 1.29 is 17.9 Å². The zero-order chi connectivity index (χ0) is 20.7. The molecule has 0 spiro atoms. The van der Waals surface area contributed by atoms with E-state index in [2.05, 4.69) is 15.0 Å². The molecule has 7 nitrogen and oxygen atoms in total. The molecule has 0 fully saturated rings. The highest BCUT2D eigenvalue weighted by Gasteiger charge is 2.13. The summed E-state index contributed by atoms with van der Waals surface area (Å²) >= 11 is 0. The Hall–Kier alpha value is -2.97. The maximum absolute atomic E-state index is 12.2. The lowest BCUT2D eigenvalue weighted by Crippen LogP contribution is -2.26. The van der Waals surface area contributed by atoms with Gasteiger partial charge in [0.1, 0.15) is 11.3 Å². The van der Waals surface area contributed by atoms with Crippen LogP contribution in [-0.2, 0) is 10.0 Å². The van der Waals surface area contributed by atoms with Gasteiger partial charge in [-0.3, -0.25) is 9.78 Å². The second-order valence-corrected chi connectivity index (χ2v) is 8.08. The third kappa shape index (κ3) is 5.30. The van der Waals surface area contributed by atoms with Crippen LogP contribution in [0.15, 0.2) is 65.7 Å². The van der Waals surface area contributed by atoms with Crippen molar-refractivity contribution in [3.05, 3.63) is 66.4 Å². The highest BCUT2D eigenvalue weighted by atomic mass is 32.2. The Bertz CT molecular complexity index is 1080. The van der Waals surface area contributed by atoms with Crippen LogP contribution in [0, 0.1) is 0 Å². The quantitative estimate of drug-likeness (QED) is 0.526. The first-order valence-electron chi connectivity index (χ1n) is 9.36. The molecule has 1 aromatic heterocycles. The Morgan fingerprint density at radius 1 is 1.07 bits per heavy atom. The number of para-hydroxylation sites is 1. The molecule has 0 saturated carbocycles. The molecule has 3 rings (SSSR count). The van der Waals surface area contributed by atoms with Gasteiger partial charge in [0.25, 0.3) is 5.91 Å². The normalized spacial score (nSPS) is 11.3. The number of benzene rings is 2. The second-order valence-electron chi connectivity index (χ2n) is 6.31. The number of amides is 1. The topological polar surface area (TPSA) is 97.4 Å². The van der Waals surface area contributed by atoms with Gasteiger partial charge >= 0.3 is 0 Å². The summed E-state index contributed by atoms with van der Waals surface area (Å²) < 4.78 is 32.1. The summed E-state index contributed by atoms with van der Waals surface area (Å²) in [6, 6.07) is 15.5. The van der Waals surface area contributed by atoms with Crippen molar-refractivity contribution in [3.8, 4) is 5.75 Å². The monoisotopic (exact) mass is 413 g/mol. The summed E-state index contributed by atoms with van der Waals surface area (Å²) in [5.74, 6) is 0.455. The van der Waals surface area contributed by atoms with Crippen LogP contribution < -0.4 is 14.8 Å². The average molecular weight is 413 g/mol. The molecule has 0 aliphatic carbocycles. The molecule has 8 heteroatoms. The summed E-state index contributed by atoms with van der Waals surface area (Å²) in [7, 11) is -3.52. The van der Waals surface area contributed by atoms with Gasteiger partial charge in [0.2, 0.25) is 10.0 Å². The molecule has 0 aliphatic heterocycles. The van der Waals surface area contributed by atoms with Crippen molar-refractivity contribution >= 4 is 26.8 Å². The van der Waals surface area contributed by atoms with E-state index in [1.807, 2.05) is 30.3 Å². The van der Waals surface area contributed by atoms with E-state index in [4.69, 9.17) is 4.74 Å². The Labute approximate surface area is 170 Å². The third-order valence-corrected chi connectivity index (χ3v) is 5.78. The lowest BCUT2D eigenvalue weighted by molar-refractivity contribution is 0.0951. The fourth-order valence-corrected chi connectivity index (χ4v) is 3.85. The van der Waals surface area contributed by atoms with Crippen LogP contribution in [0.1, 0.15) is 23.7 Å². The molecule has 1 amide bonds. The van der Waals surface area contributed by atoms with Gasteiger partial charge < -0.3 is 10.1 Å². The number of carbonyl (C=O) groups excluding carboxylic acids is 1. The molecule has 2 N–H and O–H groups in total. The number of fused-ring (bicyclic) bond motifs is 1. The van der Waals surface area contributed by atoms with E-state index in [0.29, 0.717) is 37.4 Å². The lowest BCUT2D eigenvalue weighted by Gasteiger charge is -2.10. The van der Waals surface area contributed by atoms with Gasteiger partial charge in [0.05, 0.1) is 11.5 Å². The number of aromatic nitrogens is 1. The predicted molar refractivity (Wildman–Crippen MR) is 111 cm³/mol. The van der Waals surface area contributed by atoms with Gasteiger partial charge in [0, 0.05) is 30.2 Å². The summed E-state index contributed by atoms with van der Waals surface area (Å²) in [6.45, 7) is 2.89. The van der Waals surface area contributed by atoms with Gasteiger partial charge in [-0.2, -0.15) is 0 Å². The summed E-state index contributed by atoms with van der Waals surface area (Å²) in [6.07, 6.45) is 2.35. The van der Waals surface area contributed by atoms with E-state index in [9.17, 15) is 13.2 Å². The number of ether oxygens (including phenoxy) is 1. The third-order valence-electron chi connectivity index (χ3n) is 4.22. The van der Waals surface area contributed by atoms with Crippen molar-refractivity contribution in [2.75, 3.05) is 19.7 Å². The van der Waals surface area contributed by atoms with Crippen molar-refractivity contribution in [1.82, 2.24) is 15.0 Å². The number of nitrogens with one attached hydrogen (secondary N) is 2. The minimum Gasteiger partial charge on any atom is -0.491 e. The van der Waals surface area contributed by atoms with Crippen LogP contribution in [0.25, 0.3) is 10.9 Å². The zero-order valence-electron chi connectivity index (χ0n) is 16.1. The van der Waals surface area contributed by atoms with E-state index in [0.717, 1.165) is 10.9 Å². The van der Waals surface area contributed by atoms with Crippen LogP contribution in [0.3, 0.4) is 0 Å². The lowest BCUT2D eigenvalue weighted by atomic mass is 10.2. The van der Waals surface area contributed by atoms with Gasteiger partial charge in [0.15, 0.2) is 0 Å². The maximum Gasteiger partial charge on any atom is 0.251 e. The summed E-state index contributed by atoms with van der Waals surface area (Å²) in [5.41, 5.74) is 1.21. The number of nitrogens with zero attached hydrogens (tertiary/aromatic N) is 1. The summed E-state index contributed by atoms with van der Waals surface area (Å²) in [4.78, 5) is 16.7. The van der Waals surface area contributed by atoms with E-state index in [-0.39, 0.29) is 10.8 Å². The predicted octanol–water partition coefficient (Wildman–Crippen LogP) is 2.73.